The first-order chi connectivity index (χ1) is 12.5. The lowest BCUT2D eigenvalue weighted by molar-refractivity contribution is 0.0650. The molecule has 134 valence electrons. The van der Waals surface area contributed by atoms with Crippen LogP contribution >= 0.6 is 46.4 Å². The van der Waals surface area contributed by atoms with Gasteiger partial charge in [0.05, 0.1) is 17.0 Å². The molecule has 1 aromatic heterocycles. The lowest BCUT2D eigenvalue weighted by atomic mass is 10.2. The zero-order valence-corrected chi connectivity index (χ0v) is 16.3. The summed E-state index contributed by atoms with van der Waals surface area (Å²) >= 11 is 24.4. The van der Waals surface area contributed by atoms with Crippen molar-refractivity contribution in [1.82, 2.24) is 15.0 Å². The maximum atomic E-state index is 6.32. The molecule has 3 rings (SSSR count). The third-order valence-electron chi connectivity index (χ3n) is 3.45. The van der Waals surface area contributed by atoms with Crippen LogP contribution < -0.4 is 5.48 Å². The minimum atomic E-state index is 0.239. The molecule has 0 saturated carbocycles. The van der Waals surface area contributed by atoms with Crippen LogP contribution in [-0.4, -0.2) is 9.55 Å². The van der Waals surface area contributed by atoms with E-state index in [2.05, 4.69) is 10.5 Å². The summed E-state index contributed by atoms with van der Waals surface area (Å²) in [6.07, 6.45) is 6.92. The third kappa shape index (κ3) is 4.93. The molecular weight excluding hydrogens is 416 g/mol. The van der Waals surface area contributed by atoms with Gasteiger partial charge in [-0.1, -0.05) is 52.5 Å². The fourth-order valence-electron chi connectivity index (χ4n) is 2.18. The van der Waals surface area contributed by atoms with Crippen molar-refractivity contribution in [3.63, 3.8) is 0 Å². The second-order valence-electron chi connectivity index (χ2n) is 5.30. The van der Waals surface area contributed by atoms with Crippen LogP contribution in [0.3, 0.4) is 0 Å². The average Bonchev–Trinajstić information content (AvgIpc) is 3.09. The van der Waals surface area contributed by atoms with E-state index in [0.717, 1.165) is 11.1 Å². The predicted octanol–water partition coefficient (Wildman–Crippen LogP) is 6.17. The van der Waals surface area contributed by atoms with Crippen molar-refractivity contribution in [2.45, 2.75) is 6.61 Å². The summed E-state index contributed by atoms with van der Waals surface area (Å²) in [6.45, 7) is 0.239. The Morgan fingerprint density at radius 3 is 2.42 bits per heavy atom. The van der Waals surface area contributed by atoms with E-state index in [-0.39, 0.29) is 6.61 Å². The smallest absolute Gasteiger partial charge is 0.101 e. The molecule has 0 unspecified atom stereocenters. The van der Waals surface area contributed by atoms with Crippen molar-refractivity contribution in [3.8, 4) is 0 Å². The van der Waals surface area contributed by atoms with E-state index < -0.39 is 0 Å². The van der Waals surface area contributed by atoms with Gasteiger partial charge in [-0.25, -0.2) is 4.98 Å². The molecule has 0 radical (unpaired) electrons. The minimum Gasteiger partial charge on any atom is -0.311 e. The fraction of sp³-hybridized carbons (Fsp3) is 0.0556. The van der Waals surface area contributed by atoms with E-state index in [9.17, 15) is 0 Å². The Balaban J connectivity index is 1.80. The SMILES string of the molecule is Clc1ccc(CONC(=Cn2ccnc2)c2ccc(Cl)cc2Cl)c(Cl)c1. The summed E-state index contributed by atoms with van der Waals surface area (Å²) in [5.74, 6) is 0. The summed E-state index contributed by atoms with van der Waals surface area (Å²) in [5.41, 5.74) is 5.08. The summed E-state index contributed by atoms with van der Waals surface area (Å²) in [4.78, 5) is 9.64. The molecule has 1 N–H and O–H groups in total. The average molecular weight is 429 g/mol. The van der Waals surface area contributed by atoms with Crippen molar-refractivity contribution >= 4 is 58.3 Å². The van der Waals surface area contributed by atoms with Gasteiger partial charge in [0.25, 0.3) is 0 Å². The number of halogens is 4. The standard InChI is InChI=1S/C18H13Cl4N3O/c19-13-2-1-12(16(21)7-13)10-26-24-18(9-25-6-5-23-11-25)15-4-3-14(20)8-17(15)22/h1-9,11,24H,10H2. The highest BCUT2D eigenvalue weighted by Gasteiger charge is 2.09. The van der Waals surface area contributed by atoms with Crippen LogP contribution in [0, 0.1) is 0 Å². The largest absolute Gasteiger partial charge is 0.311 e. The number of nitrogens with zero attached hydrogens (tertiary/aromatic N) is 2. The number of hydrogen-bond acceptors (Lipinski definition) is 3. The van der Waals surface area contributed by atoms with Crippen molar-refractivity contribution in [3.05, 3.63) is 86.3 Å². The van der Waals surface area contributed by atoms with Crippen molar-refractivity contribution in [2.24, 2.45) is 0 Å². The van der Waals surface area contributed by atoms with Gasteiger partial charge in [-0.2, -0.15) is 0 Å². The van der Waals surface area contributed by atoms with E-state index >= 15 is 0 Å². The molecular formula is C18H13Cl4N3O. The number of nitrogens with one attached hydrogen (secondary N) is 1. The molecule has 0 saturated heterocycles. The molecule has 0 aliphatic carbocycles. The summed E-state index contributed by atoms with van der Waals surface area (Å²) in [6, 6.07) is 10.4. The van der Waals surface area contributed by atoms with E-state index in [1.807, 2.05) is 0 Å². The Labute approximate surface area is 170 Å². The molecule has 0 amide bonds. The molecule has 0 atom stereocenters. The lowest BCUT2D eigenvalue weighted by Gasteiger charge is -2.14. The van der Waals surface area contributed by atoms with Crippen LogP contribution in [0.4, 0.5) is 0 Å². The zero-order chi connectivity index (χ0) is 18.5. The Bertz CT molecular complexity index is 926. The second-order valence-corrected chi connectivity index (χ2v) is 6.99. The monoisotopic (exact) mass is 427 g/mol. The molecule has 8 heteroatoms. The zero-order valence-electron chi connectivity index (χ0n) is 13.3. The van der Waals surface area contributed by atoms with E-state index in [1.54, 1.807) is 65.9 Å². The van der Waals surface area contributed by atoms with Crippen molar-refractivity contribution in [1.29, 1.82) is 0 Å². The Hall–Kier alpha value is -1.69. The van der Waals surface area contributed by atoms with Gasteiger partial charge in [0.1, 0.15) is 6.61 Å². The van der Waals surface area contributed by atoms with Crippen LogP contribution in [0.2, 0.25) is 20.1 Å². The molecule has 0 spiro atoms. The van der Waals surface area contributed by atoms with E-state index in [0.29, 0.717) is 25.8 Å². The first-order valence-corrected chi connectivity index (χ1v) is 9.00. The molecule has 2 aromatic carbocycles. The highest BCUT2D eigenvalue weighted by molar-refractivity contribution is 6.36. The van der Waals surface area contributed by atoms with Gasteiger partial charge in [0, 0.05) is 39.2 Å². The topological polar surface area (TPSA) is 39.1 Å². The molecule has 3 aromatic rings. The molecule has 0 aliphatic heterocycles. The maximum Gasteiger partial charge on any atom is 0.101 e. The van der Waals surface area contributed by atoms with Gasteiger partial charge < -0.3 is 4.57 Å². The first kappa shape index (κ1) is 19.1. The fourth-order valence-corrected chi connectivity index (χ4v) is 3.16. The van der Waals surface area contributed by atoms with Gasteiger partial charge in [-0.3, -0.25) is 10.3 Å². The third-order valence-corrected chi connectivity index (χ3v) is 4.58. The lowest BCUT2D eigenvalue weighted by Crippen LogP contribution is -2.14. The van der Waals surface area contributed by atoms with Gasteiger partial charge in [0.15, 0.2) is 0 Å². The van der Waals surface area contributed by atoms with Crippen molar-refractivity contribution in [2.75, 3.05) is 0 Å². The molecule has 0 fully saturated rings. The molecule has 0 aliphatic rings. The van der Waals surface area contributed by atoms with Crippen molar-refractivity contribution < 1.29 is 4.84 Å². The van der Waals surface area contributed by atoms with Crippen LogP contribution in [0.25, 0.3) is 11.9 Å². The first-order valence-electron chi connectivity index (χ1n) is 7.49. The van der Waals surface area contributed by atoms with Gasteiger partial charge in [-0.05, 0) is 35.9 Å². The molecule has 1 heterocycles. The molecule has 4 nitrogen and oxygen atoms in total. The van der Waals surface area contributed by atoms with E-state index in [1.165, 1.54) is 0 Å². The highest BCUT2D eigenvalue weighted by Crippen LogP contribution is 2.27. The van der Waals surface area contributed by atoms with Crippen LogP contribution in [0.5, 0.6) is 0 Å². The minimum absolute atomic E-state index is 0.239. The quantitative estimate of drug-likeness (QED) is 0.477. The van der Waals surface area contributed by atoms with Crippen LogP contribution in [0.15, 0.2) is 55.1 Å². The van der Waals surface area contributed by atoms with Gasteiger partial charge >= 0.3 is 0 Å². The van der Waals surface area contributed by atoms with Crippen LogP contribution in [-0.2, 0) is 11.4 Å². The van der Waals surface area contributed by atoms with Crippen LogP contribution in [0.1, 0.15) is 11.1 Å². The summed E-state index contributed by atoms with van der Waals surface area (Å²) in [7, 11) is 0. The summed E-state index contributed by atoms with van der Waals surface area (Å²) in [5, 5.41) is 2.14. The number of imidazole rings is 1. The Morgan fingerprint density at radius 2 is 1.77 bits per heavy atom. The summed E-state index contributed by atoms with van der Waals surface area (Å²) < 4.78 is 1.77. The van der Waals surface area contributed by atoms with Gasteiger partial charge in [-0.15, -0.1) is 0 Å². The molecule has 0 bridgehead atoms. The number of rotatable bonds is 6. The van der Waals surface area contributed by atoms with Gasteiger partial charge in [0.2, 0.25) is 0 Å². The number of benzene rings is 2. The Morgan fingerprint density at radius 1 is 1.04 bits per heavy atom. The number of hydrogen-bond donors (Lipinski definition) is 1. The Kier molecular flexibility index (Phi) is 6.46. The molecule has 26 heavy (non-hydrogen) atoms. The highest BCUT2D eigenvalue weighted by atomic mass is 35.5. The predicted molar refractivity (Wildman–Crippen MR) is 107 cm³/mol. The van der Waals surface area contributed by atoms with E-state index in [4.69, 9.17) is 51.2 Å². The number of aromatic nitrogens is 2. The number of hydroxylamine groups is 1. The maximum absolute atomic E-state index is 6.32. The normalized spacial score (nSPS) is 11.6. The second kappa shape index (κ2) is 8.80.